The van der Waals surface area contributed by atoms with E-state index in [0.29, 0.717) is 23.8 Å². The van der Waals surface area contributed by atoms with E-state index in [1.54, 1.807) is 0 Å². The molecule has 0 aromatic heterocycles. The summed E-state index contributed by atoms with van der Waals surface area (Å²) in [7, 11) is 0. The Bertz CT molecular complexity index is 502. The number of rotatable bonds is 6. The van der Waals surface area contributed by atoms with E-state index in [4.69, 9.17) is 12.2 Å². The number of nitrogens with one attached hydrogen (secondary N) is 2. The lowest BCUT2D eigenvalue weighted by Gasteiger charge is -2.46. The standard InChI is InChI=1S/C20H38N4OS/c1-7-15(5)13-24-18(25)17(16(6)8-2)22-20(24)9-11-23(12-10-20)19(26)21-14(3)4/h14-17,22H,7-13H2,1-6H3,(H,21,26)/t15-,16+,17+/m0/s1. The van der Waals surface area contributed by atoms with Crippen molar-refractivity contribution in [2.45, 2.75) is 85.0 Å². The molecule has 2 N–H and O–H groups in total. The molecule has 6 heteroatoms. The first-order chi connectivity index (χ1) is 12.2. The van der Waals surface area contributed by atoms with E-state index >= 15 is 0 Å². The van der Waals surface area contributed by atoms with E-state index < -0.39 is 0 Å². The molecule has 0 aliphatic carbocycles. The van der Waals surface area contributed by atoms with Crippen molar-refractivity contribution in [3.8, 4) is 0 Å². The van der Waals surface area contributed by atoms with Crippen molar-refractivity contribution in [3.63, 3.8) is 0 Å². The Morgan fingerprint density at radius 1 is 1.23 bits per heavy atom. The molecule has 2 fully saturated rings. The lowest BCUT2D eigenvalue weighted by molar-refractivity contribution is -0.134. The Hall–Kier alpha value is -0.880. The van der Waals surface area contributed by atoms with E-state index in [1.807, 2.05) is 0 Å². The van der Waals surface area contributed by atoms with E-state index in [0.717, 1.165) is 50.4 Å². The monoisotopic (exact) mass is 382 g/mol. The Kier molecular flexibility index (Phi) is 7.31. The maximum absolute atomic E-state index is 13.2. The molecule has 26 heavy (non-hydrogen) atoms. The molecule has 2 aliphatic rings. The van der Waals surface area contributed by atoms with Gasteiger partial charge in [0.1, 0.15) is 0 Å². The van der Waals surface area contributed by atoms with E-state index in [2.05, 4.69) is 62.0 Å². The fourth-order valence-corrected chi connectivity index (χ4v) is 4.39. The van der Waals surface area contributed by atoms with Crippen molar-refractivity contribution in [1.82, 2.24) is 20.4 Å². The van der Waals surface area contributed by atoms with Crippen LogP contribution in [0, 0.1) is 11.8 Å². The third-order valence-electron chi connectivity index (χ3n) is 6.17. The maximum atomic E-state index is 13.2. The van der Waals surface area contributed by atoms with Crippen LogP contribution in [0.5, 0.6) is 0 Å². The fraction of sp³-hybridized carbons (Fsp3) is 0.900. The van der Waals surface area contributed by atoms with Crippen LogP contribution in [-0.4, -0.2) is 58.2 Å². The Morgan fingerprint density at radius 3 is 2.35 bits per heavy atom. The minimum atomic E-state index is -0.196. The second-order valence-electron chi connectivity index (χ2n) is 8.59. The first-order valence-electron chi connectivity index (χ1n) is 10.4. The fourth-order valence-electron chi connectivity index (χ4n) is 3.97. The van der Waals surface area contributed by atoms with Gasteiger partial charge in [0, 0.05) is 38.5 Å². The summed E-state index contributed by atoms with van der Waals surface area (Å²) in [6.07, 6.45) is 3.98. The molecule has 2 rings (SSSR count). The van der Waals surface area contributed by atoms with Gasteiger partial charge in [-0.3, -0.25) is 10.1 Å². The molecule has 0 radical (unpaired) electrons. The molecule has 0 aromatic carbocycles. The number of carbonyl (C=O) groups is 1. The highest BCUT2D eigenvalue weighted by atomic mass is 32.1. The van der Waals surface area contributed by atoms with Gasteiger partial charge in [-0.2, -0.15) is 0 Å². The third-order valence-corrected chi connectivity index (χ3v) is 6.54. The number of likely N-dealkylation sites (tertiary alicyclic amines) is 1. The number of piperidine rings is 1. The molecule has 0 bridgehead atoms. The summed E-state index contributed by atoms with van der Waals surface area (Å²) in [4.78, 5) is 17.6. The van der Waals surface area contributed by atoms with Crippen molar-refractivity contribution in [2.75, 3.05) is 19.6 Å². The molecule has 1 amide bonds. The first-order valence-corrected chi connectivity index (χ1v) is 10.8. The zero-order valence-corrected chi connectivity index (χ0v) is 18.3. The highest BCUT2D eigenvalue weighted by Gasteiger charge is 2.52. The smallest absolute Gasteiger partial charge is 0.241 e. The summed E-state index contributed by atoms with van der Waals surface area (Å²) in [5.41, 5.74) is -0.196. The highest BCUT2D eigenvalue weighted by molar-refractivity contribution is 7.80. The summed E-state index contributed by atoms with van der Waals surface area (Å²) in [6.45, 7) is 15.7. The van der Waals surface area contributed by atoms with Crippen LogP contribution in [0.4, 0.5) is 0 Å². The molecule has 0 saturated carbocycles. The average molecular weight is 383 g/mol. The van der Waals surface area contributed by atoms with Crippen molar-refractivity contribution in [1.29, 1.82) is 0 Å². The van der Waals surface area contributed by atoms with Crippen LogP contribution < -0.4 is 10.6 Å². The number of nitrogens with zero attached hydrogens (tertiary/aromatic N) is 2. The topological polar surface area (TPSA) is 47.6 Å². The van der Waals surface area contributed by atoms with Gasteiger partial charge in [0.05, 0.1) is 11.7 Å². The van der Waals surface area contributed by atoms with Crippen molar-refractivity contribution in [3.05, 3.63) is 0 Å². The van der Waals surface area contributed by atoms with Crippen LogP contribution in [-0.2, 0) is 4.79 Å². The largest absolute Gasteiger partial charge is 0.360 e. The van der Waals surface area contributed by atoms with Gasteiger partial charge in [-0.15, -0.1) is 0 Å². The van der Waals surface area contributed by atoms with Crippen molar-refractivity contribution >= 4 is 23.2 Å². The Balaban J connectivity index is 2.13. The second kappa shape index (κ2) is 8.87. The predicted molar refractivity (Wildman–Crippen MR) is 112 cm³/mol. The van der Waals surface area contributed by atoms with Gasteiger partial charge in [0.15, 0.2) is 5.11 Å². The predicted octanol–water partition coefficient (Wildman–Crippen LogP) is 2.95. The first kappa shape index (κ1) is 21.4. The third kappa shape index (κ3) is 4.50. The van der Waals surface area contributed by atoms with Crippen LogP contribution in [0.3, 0.4) is 0 Å². The molecular weight excluding hydrogens is 344 g/mol. The molecule has 3 atom stereocenters. The normalized spacial score (nSPS) is 25.0. The molecule has 2 heterocycles. The van der Waals surface area contributed by atoms with Gasteiger partial charge in [0.25, 0.3) is 0 Å². The zero-order chi connectivity index (χ0) is 19.5. The molecule has 5 nitrogen and oxygen atoms in total. The lowest BCUT2D eigenvalue weighted by Crippen LogP contribution is -2.61. The molecular formula is C20H38N4OS. The van der Waals surface area contributed by atoms with Gasteiger partial charge >= 0.3 is 0 Å². The number of amides is 1. The van der Waals surface area contributed by atoms with Crippen LogP contribution in [0.15, 0.2) is 0 Å². The molecule has 0 unspecified atom stereocenters. The van der Waals surface area contributed by atoms with E-state index in [1.165, 1.54) is 0 Å². The molecule has 2 aliphatic heterocycles. The number of carbonyl (C=O) groups excluding carboxylic acids is 1. The number of hydrogen-bond donors (Lipinski definition) is 2. The van der Waals surface area contributed by atoms with Crippen LogP contribution >= 0.6 is 12.2 Å². The minimum absolute atomic E-state index is 0.0450. The summed E-state index contributed by atoms with van der Waals surface area (Å²) < 4.78 is 0. The highest BCUT2D eigenvalue weighted by Crippen LogP contribution is 2.35. The molecule has 0 aromatic rings. The minimum Gasteiger partial charge on any atom is -0.360 e. The van der Waals surface area contributed by atoms with Crippen molar-refractivity contribution < 1.29 is 4.79 Å². The van der Waals surface area contributed by atoms with Gasteiger partial charge in [-0.1, -0.05) is 40.5 Å². The van der Waals surface area contributed by atoms with Crippen LogP contribution in [0.1, 0.15) is 67.2 Å². The Labute approximate surface area is 165 Å². The maximum Gasteiger partial charge on any atom is 0.241 e. The van der Waals surface area contributed by atoms with Crippen molar-refractivity contribution in [2.24, 2.45) is 11.8 Å². The molecule has 150 valence electrons. The second-order valence-corrected chi connectivity index (χ2v) is 8.98. The summed E-state index contributed by atoms with van der Waals surface area (Å²) in [5, 5.41) is 7.96. The van der Waals surface area contributed by atoms with Gasteiger partial charge in [0.2, 0.25) is 5.91 Å². The summed E-state index contributed by atoms with van der Waals surface area (Å²) >= 11 is 5.55. The molecule has 1 spiro atoms. The van der Waals surface area contributed by atoms with Gasteiger partial charge in [-0.05, 0) is 37.9 Å². The van der Waals surface area contributed by atoms with E-state index in [9.17, 15) is 4.79 Å². The Morgan fingerprint density at radius 2 is 1.85 bits per heavy atom. The SMILES string of the molecule is CC[C@H](C)CN1C(=O)[C@@H]([C@H](C)CC)NC12CCN(C(=S)NC(C)C)CC2. The zero-order valence-electron chi connectivity index (χ0n) is 17.5. The van der Waals surface area contributed by atoms with Gasteiger partial charge in [-0.25, -0.2) is 0 Å². The van der Waals surface area contributed by atoms with E-state index in [-0.39, 0.29) is 11.7 Å². The lowest BCUT2D eigenvalue weighted by atomic mass is 9.94. The van der Waals surface area contributed by atoms with Crippen LogP contribution in [0.25, 0.3) is 0 Å². The molecule has 2 saturated heterocycles. The summed E-state index contributed by atoms with van der Waals surface area (Å²) in [5.74, 6) is 1.19. The average Bonchev–Trinajstić information content (AvgIpc) is 2.87. The quantitative estimate of drug-likeness (QED) is 0.692. The number of thiocarbonyl (C=S) groups is 1. The van der Waals surface area contributed by atoms with Crippen LogP contribution in [0.2, 0.25) is 0 Å². The number of hydrogen-bond acceptors (Lipinski definition) is 3. The summed E-state index contributed by atoms with van der Waals surface area (Å²) in [6, 6.07) is 0.303. The van der Waals surface area contributed by atoms with Gasteiger partial charge < -0.3 is 15.1 Å².